The molecule has 0 radical (unpaired) electrons. The Morgan fingerprint density at radius 1 is 0.605 bits per heavy atom. The van der Waals surface area contributed by atoms with Gasteiger partial charge in [0.1, 0.15) is 15.6 Å². The lowest BCUT2D eigenvalue weighted by Gasteiger charge is -2.06. The topological polar surface area (TPSA) is 77.5 Å². The summed E-state index contributed by atoms with van der Waals surface area (Å²) in [6.45, 7) is 3.73. The summed E-state index contributed by atoms with van der Waals surface area (Å²) >= 11 is 3.38. The van der Waals surface area contributed by atoms with Crippen molar-refractivity contribution in [3.05, 3.63) is 134 Å². The van der Waals surface area contributed by atoms with E-state index < -0.39 is 19.7 Å². The van der Waals surface area contributed by atoms with Crippen LogP contribution in [0.1, 0.15) is 22.3 Å². The van der Waals surface area contributed by atoms with Crippen molar-refractivity contribution in [3.8, 4) is 29.4 Å². The van der Waals surface area contributed by atoms with E-state index in [0.717, 1.165) is 15.6 Å². The number of aryl methyl sites for hydroxylation is 2. The minimum Gasteiger partial charge on any atom is -0.497 e. The molecular formula is C35H27BrO5S2. The molecule has 0 aliphatic rings. The highest BCUT2D eigenvalue weighted by atomic mass is 79.9. The standard InChI is InChI=1S/C35H27BrO5S2/c1-26-8-20-32(21-9-26)42(37,38)34(24-28-12-16-30(36)17-13-28)6-4-5-7-35(25-29-14-18-31(41-3)19-15-29)43(39,40)33-22-10-27(2)11-23-33/h8-25H,1-3H3/b34-24+,35-25+. The summed E-state index contributed by atoms with van der Waals surface area (Å²) in [5, 5.41) is 0. The molecule has 5 nitrogen and oxygen atoms in total. The van der Waals surface area contributed by atoms with E-state index in [1.54, 1.807) is 79.9 Å². The Hall–Kier alpha value is -4.34. The van der Waals surface area contributed by atoms with Crippen LogP contribution in [0.4, 0.5) is 0 Å². The number of allylic oxidation sites excluding steroid dienone is 2. The van der Waals surface area contributed by atoms with Gasteiger partial charge in [0, 0.05) is 4.47 Å². The average molecular weight is 672 g/mol. The van der Waals surface area contributed by atoms with Gasteiger partial charge in [0.25, 0.3) is 0 Å². The zero-order chi connectivity index (χ0) is 31.0. The zero-order valence-electron chi connectivity index (χ0n) is 23.6. The van der Waals surface area contributed by atoms with Gasteiger partial charge in [-0.15, -0.1) is 0 Å². The lowest BCUT2D eigenvalue weighted by atomic mass is 10.2. The van der Waals surface area contributed by atoms with Crippen molar-refractivity contribution < 1.29 is 21.6 Å². The molecule has 0 N–H and O–H groups in total. The van der Waals surface area contributed by atoms with E-state index in [-0.39, 0.29) is 19.6 Å². The third kappa shape index (κ3) is 8.15. The van der Waals surface area contributed by atoms with Gasteiger partial charge in [-0.05, 0) is 109 Å². The first-order valence-electron chi connectivity index (χ1n) is 13.0. The van der Waals surface area contributed by atoms with Gasteiger partial charge < -0.3 is 4.74 Å². The molecule has 0 spiro atoms. The molecule has 0 amide bonds. The first kappa shape index (κ1) is 31.6. The van der Waals surface area contributed by atoms with E-state index in [9.17, 15) is 16.8 Å². The number of hydrogen-bond acceptors (Lipinski definition) is 5. The van der Waals surface area contributed by atoms with Crippen LogP contribution < -0.4 is 4.74 Å². The Bertz CT molecular complexity index is 2020. The Kier molecular flexibility index (Phi) is 10.1. The predicted molar refractivity (Wildman–Crippen MR) is 175 cm³/mol. The number of ether oxygens (including phenoxy) is 1. The average Bonchev–Trinajstić information content (AvgIpc) is 2.99. The molecule has 0 unspecified atom stereocenters. The second kappa shape index (κ2) is 13.8. The van der Waals surface area contributed by atoms with Crippen LogP contribution in [0.2, 0.25) is 0 Å². The van der Waals surface area contributed by atoms with Crippen molar-refractivity contribution in [2.45, 2.75) is 23.6 Å². The Balaban J connectivity index is 1.81. The number of methoxy groups -OCH3 is 1. The Morgan fingerprint density at radius 2 is 0.977 bits per heavy atom. The van der Waals surface area contributed by atoms with Crippen molar-refractivity contribution in [2.75, 3.05) is 7.11 Å². The van der Waals surface area contributed by atoms with Crippen molar-refractivity contribution in [1.82, 2.24) is 0 Å². The number of halogens is 1. The number of rotatable bonds is 7. The molecule has 0 aliphatic carbocycles. The second-order valence-electron chi connectivity index (χ2n) is 9.47. The van der Waals surface area contributed by atoms with Crippen LogP contribution in [0, 0.1) is 37.5 Å². The molecule has 216 valence electrons. The SMILES string of the molecule is COc1ccc(/C=C(\C#CC#C/C(=C\c2ccc(Br)cc2)S(=O)(=O)c2ccc(C)cc2)S(=O)(=O)c2ccc(C)cc2)cc1. The molecule has 4 rings (SSSR count). The Morgan fingerprint density at radius 3 is 1.35 bits per heavy atom. The fourth-order valence-corrected chi connectivity index (χ4v) is 6.51. The van der Waals surface area contributed by atoms with Crippen LogP contribution in [-0.2, 0) is 19.7 Å². The maximum absolute atomic E-state index is 13.6. The van der Waals surface area contributed by atoms with Crippen LogP contribution >= 0.6 is 15.9 Å². The first-order valence-corrected chi connectivity index (χ1v) is 16.7. The maximum Gasteiger partial charge on any atom is 0.214 e. The maximum atomic E-state index is 13.6. The molecule has 43 heavy (non-hydrogen) atoms. The van der Waals surface area contributed by atoms with Gasteiger partial charge in [0.15, 0.2) is 0 Å². The molecule has 0 aromatic heterocycles. The minimum absolute atomic E-state index is 0.0814. The third-order valence-electron chi connectivity index (χ3n) is 6.26. The summed E-state index contributed by atoms with van der Waals surface area (Å²) in [6.07, 6.45) is 2.92. The summed E-state index contributed by atoms with van der Waals surface area (Å²) in [6, 6.07) is 26.9. The molecule has 0 saturated carbocycles. The second-order valence-corrected chi connectivity index (χ2v) is 14.2. The first-order chi connectivity index (χ1) is 20.5. The van der Waals surface area contributed by atoms with Crippen LogP contribution in [0.25, 0.3) is 12.2 Å². The van der Waals surface area contributed by atoms with E-state index in [4.69, 9.17) is 4.74 Å². The Labute approximate surface area is 261 Å². The highest BCUT2D eigenvalue weighted by Gasteiger charge is 2.21. The van der Waals surface area contributed by atoms with Crippen molar-refractivity contribution in [2.24, 2.45) is 0 Å². The fraction of sp³-hybridized carbons (Fsp3) is 0.0857. The molecule has 8 heteroatoms. The summed E-state index contributed by atoms with van der Waals surface area (Å²) in [5.41, 5.74) is 3.04. The van der Waals surface area contributed by atoms with Crippen molar-refractivity contribution in [1.29, 1.82) is 0 Å². The predicted octanol–water partition coefficient (Wildman–Crippen LogP) is 7.41. The van der Waals surface area contributed by atoms with E-state index >= 15 is 0 Å². The van der Waals surface area contributed by atoms with Gasteiger partial charge in [0.05, 0.1) is 16.9 Å². The third-order valence-corrected chi connectivity index (χ3v) is 10.2. The fourth-order valence-electron chi connectivity index (χ4n) is 3.80. The largest absolute Gasteiger partial charge is 0.497 e. The van der Waals surface area contributed by atoms with Crippen molar-refractivity contribution >= 4 is 47.8 Å². The van der Waals surface area contributed by atoms with Crippen molar-refractivity contribution in [3.63, 3.8) is 0 Å². The monoisotopic (exact) mass is 670 g/mol. The number of benzene rings is 4. The zero-order valence-corrected chi connectivity index (χ0v) is 26.8. The molecule has 4 aromatic rings. The van der Waals surface area contributed by atoms with E-state index in [2.05, 4.69) is 39.6 Å². The van der Waals surface area contributed by atoms with Crippen LogP contribution in [0.15, 0.2) is 121 Å². The molecule has 0 heterocycles. The van der Waals surface area contributed by atoms with E-state index in [1.807, 2.05) is 13.8 Å². The van der Waals surface area contributed by atoms with E-state index in [1.165, 1.54) is 36.4 Å². The molecule has 0 atom stereocenters. The molecular weight excluding hydrogens is 644 g/mol. The molecule has 0 bridgehead atoms. The summed E-state index contributed by atoms with van der Waals surface area (Å²) in [5.74, 6) is 11.1. The molecule has 0 saturated heterocycles. The molecule has 0 aliphatic heterocycles. The van der Waals surface area contributed by atoms with E-state index in [0.29, 0.717) is 16.9 Å². The van der Waals surface area contributed by atoms with Gasteiger partial charge in [-0.2, -0.15) is 0 Å². The highest BCUT2D eigenvalue weighted by molar-refractivity contribution is 9.10. The van der Waals surface area contributed by atoms with Gasteiger partial charge in [-0.25, -0.2) is 16.8 Å². The van der Waals surface area contributed by atoms with Crippen LogP contribution in [-0.4, -0.2) is 23.9 Å². The summed E-state index contributed by atoms with van der Waals surface area (Å²) < 4.78 is 60.3. The van der Waals surface area contributed by atoms with Gasteiger partial charge in [-0.3, -0.25) is 0 Å². The van der Waals surface area contributed by atoms with Crippen LogP contribution in [0.3, 0.4) is 0 Å². The normalized spacial score (nSPS) is 12.0. The summed E-state index contributed by atoms with van der Waals surface area (Å²) in [7, 11) is -6.46. The molecule has 0 fully saturated rings. The lowest BCUT2D eigenvalue weighted by molar-refractivity contribution is 0.415. The molecule has 4 aromatic carbocycles. The number of hydrogen-bond donors (Lipinski definition) is 0. The smallest absolute Gasteiger partial charge is 0.214 e. The minimum atomic E-state index is -4.01. The summed E-state index contributed by atoms with van der Waals surface area (Å²) in [4.78, 5) is -0.186. The van der Waals surface area contributed by atoms with Gasteiger partial charge in [0.2, 0.25) is 19.7 Å². The highest BCUT2D eigenvalue weighted by Crippen LogP contribution is 2.24. The van der Waals surface area contributed by atoms with Crippen LogP contribution in [0.5, 0.6) is 5.75 Å². The quantitative estimate of drug-likeness (QED) is 0.191. The lowest BCUT2D eigenvalue weighted by Crippen LogP contribution is -2.04. The number of sulfone groups is 2. The van der Waals surface area contributed by atoms with Gasteiger partial charge >= 0.3 is 0 Å². The van der Waals surface area contributed by atoms with Gasteiger partial charge in [-0.1, -0.05) is 75.6 Å².